The lowest BCUT2D eigenvalue weighted by molar-refractivity contribution is -0.151. The van der Waals surface area contributed by atoms with Crippen molar-refractivity contribution in [2.75, 3.05) is 6.61 Å². The Balaban J connectivity index is 2.00. The van der Waals surface area contributed by atoms with Gasteiger partial charge in [-0.1, -0.05) is 35.9 Å². The molecule has 0 unspecified atom stereocenters. The molecule has 124 valence electrons. The molecule has 1 aliphatic rings. The highest BCUT2D eigenvalue weighted by Gasteiger charge is 2.48. The number of fused-ring (bicyclic) bond motifs is 1. The number of hydrogen-bond donors (Lipinski definition) is 1. The fourth-order valence-electron chi connectivity index (χ4n) is 3.08. The first-order valence-electron chi connectivity index (χ1n) is 7.76. The van der Waals surface area contributed by atoms with E-state index in [1.165, 1.54) is 18.5 Å². The number of amides is 1. The Morgan fingerprint density at radius 3 is 2.88 bits per heavy atom. The molecule has 1 heterocycles. The molecule has 1 N–H and O–H groups in total. The molecule has 1 aromatic carbocycles. The quantitative estimate of drug-likeness (QED) is 0.866. The topological polar surface area (TPSA) is 68.3 Å². The number of carbonyl (C=O) groups excluding carboxylic acids is 2. The number of benzene rings is 1. The van der Waals surface area contributed by atoms with Gasteiger partial charge in [0.05, 0.1) is 17.2 Å². The predicted octanol–water partition coefficient (Wildman–Crippen LogP) is 2.87. The van der Waals surface area contributed by atoms with Gasteiger partial charge in [0, 0.05) is 12.4 Å². The highest BCUT2D eigenvalue weighted by Crippen LogP contribution is 2.38. The number of halogens is 1. The Labute approximate surface area is 145 Å². The number of hydrogen-bond acceptors (Lipinski definition) is 4. The molecular formula is C18H17ClN2O3. The zero-order valence-electron chi connectivity index (χ0n) is 13.2. The summed E-state index contributed by atoms with van der Waals surface area (Å²) >= 11 is 6.05. The number of nitrogens with one attached hydrogen (secondary N) is 1. The van der Waals surface area contributed by atoms with E-state index in [2.05, 4.69) is 10.3 Å². The lowest BCUT2D eigenvalue weighted by Crippen LogP contribution is -2.51. The van der Waals surface area contributed by atoms with Gasteiger partial charge in [0.15, 0.2) is 5.54 Å². The summed E-state index contributed by atoms with van der Waals surface area (Å²) in [5, 5.41) is 3.10. The average Bonchev–Trinajstić information content (AvgIpc) is 2.95. The summed E-state index contributed by atoms with van der Waals surface area (Å²) in [5.41, 5.74) is 0.907. The van der Waals surface area contributed by atoms with Crippen LogP contribution in [0.1, 0.15) is 34.8 Å². The molecule has 1 aromatic heterocycles. The number of pyridine rings is 1. The second-order valence-corrected chi connectivity index (χ2v) is 6.00. The van der Waals surface area contributed by atoms with Crippen LogP contribution in [-0.4, -0.2) is 23.5 Å². The van der Waals surface area contributed by atoms with Crippen molar-refractivity contribution < 1.29 is 14.3 Å². The molecule has 5 nitrogen and oxygen atoms in total. The normalized spacial score (nSPS) is 18.8. The number of rotatable bonds is 4. The second-order valence-electron chi connectivity index (χ2n) is 5.59. The summed E-state index contributed by atoms with van der Waals surface area (Å²) in [6, 6.07) is 9.11. The van der Waals surface area contributed by atoms with Crippen LogP contribution < -0.4 is 5.32 Å². The summed E-state index contributed by atoms with van der Waals surface area (Å²) in [6.07, 6.45) is 4.04. The van der Waals surface area contributed by atoms with E-state index in [1.54, 1.807) is 6.92 Å². The SMILES string of the molecule is CCOC(=O)[C@]1(NC(=O)c2ccncc2Cl)CCc2ccccc21. The van der Waals surface area contributed by atoms with Crippen LogP contribution >= 0.6 is 11.6 Å². The first kappa shape index (κ1) is 16.5. The van der Waals surface area contributed by atoms with Crippen LogP contribution in [0, 0.1) is 0 Å². The Kier molecular flexibility index (Phi) is 4.53. The summed E-state index contributed by atoms with van der Waals surface area (Å²) < 4.78 is 5.25. The van der Waals surface area contributed by atoms with E-state index in [9.17, 15) is 9.59 Å². The predicted molar refractivity (Wildman–Crippen MR) is 89.8 cm³/mol. The van der Waals surface area contributed by atoms with Crippen LogP contribution in [0.5, 0.6) is 0 Å². The van der Waals surface area contributed by atoms with Gasteiger partial charge in [-0.25, -0.2) is 4.79 Å². The van der Waals surface area contributed by atoms with E-state index in [0.717, 1.165) is 11.1 Å². The maximum atomic E-state index is 12.7. The third kappa shape index (κ3) is 2.76. The molecule has 0 radical (unpaired) electrons. The van der Waals surface area contributed by atoms with Crippen LogP contribution in [0.25, 0.3) is 0 Å². The van der Waals surface area contributed by atoms with Gasteiger partial charge in [0.25, 0.3) is 5.91 Å². The van der Waals surface area contributed by atoms with Gasteiger partial charge >= 0.3 is 5.97 Å². The van der Waals surface area contributed by atoms with Crippen molar-refractivity contribution in [1.29, 1.82) is 0 Å². The lowest BCUT2D eigenvalue weighted by Gasteiger charge is -2.29. The second kappa shape index (κ2) is 6.61. The van der Waals surface area contributed by atoms with E-state index >= 15 is 0 Å². The third-order valence-electron chi connectivity index (χ3n) is 4.21. The minimum Gasteiger partial charge on any atom is -0.464 e. The summed E-state index contributed by atoms with van der Waals surface area (Å²) in [4.78, 5) is 29.3. The van der Waals surface area contributed by atoms with E-state index in [-0.39, 0.29) is 17.2 Å². The van der Waals surface area contributed by atoms with Crippen LogP contribution in [0.2, 0.25) is 5.02 Å². The fourth-order valence-corrected chi connectivity index (χ4v) is 3.28. The number of nitrogens with zero attached hydrogens (tertiary/aromatic N) is 1. The highest BCUT2D eigenvalue weighted by molar-refractivity contribution is 6.33. The van der Waals surface area contributed by atoms with Crippen LogP contribution in [0.15, 0.2) is 42.7 Å². The molecule has 1 aliphatic carbocycles. The number of carbonyl (C=O) groups is 2. The van der Waals surface area contributed by atoms with Gasteiger partial charge in [-0.15, -0.1) is 0 Å². The molecule has 24 heavy (non-hydrogen) atoms. The average molecular weight is 345 g/mol. The molecule has 0 aliphatic heterocycles. The van der Waals surface area contributed by atoms with Crippen molar-refractivity contribution in [1.82, 2.24) is 10.3 Å². The highest BCUT2D eigenvalue weighted by atomic mass is 35.5. The Hall–Kier alpha value is -2.40. The van der Waals surface area contributed by atoms with Crippen molar-refractivity contribution in [3.8, 4) is 0 Å². The van der Waals surface area contributed by atoms with Gasteiger partial charge in [-0.05, 0) is 37.0 Å². The first-order chi connectivity index (χ1) is 11.6. The van der Waals surface area contributed by atoms with Crippen molar-refractivity contribution in [2.45, 2.75) is 25.3 Å². The number of aryl methyl sites for hydroxylation is 1. The Morgan fingerprint density at radius 2 is 2.12 bits per heavy atom. The van der Waals surface area contributed by atoms with Gasteiger partial charge in [0.2, 0.25) is 0 Å². The Bertz CT molecular complexity index is 793. The van der Waals surface area contributed by atoms with Crippen LogP contribution in [0.4, 0.5) is 0 Å². The van der Waals surface area contributed by atoms with Crippen LogP contribution in [0.3, 0.4) is 0 Å². The minimum atomic E-state index is -1.18. The summed E-state index contributed by atoms with van der Waals surface area (Å²) in [6.45, 7) is 1.99. The monoisotopic (exact) mass is 344 g/mol. The molecule has 0 fully saturated rings. The number of esters is 1. The molecule has 0 saturated heterocycles. The Morgan fingerprint density at radius 1 is 1.33 bits per heavy atom. The summed E-state index contributed by atoms with van der Waals surface area (Å²) in [5.74, 6) is -0.874. The zero-order chi connectivity index (χ0) is 17.2. The van der Waals surface area contributed by atoms with Gasteiger partial charge < -0.3 is 10.1 Å². The largest absolute Gasteiger partial charge is 0.464 e. The van der Waals surface area contributed by atoms with Gasteiger partial charge in [-0.2, -0.15) is 0 Å². The molecule has 1 amide bonds. The van der Waals surface area contributed by atoms with Crippen molar-refractivity contribution in [3.05, 3.63) is 64.4 Å². The zero-order valence-corrected chi connectivity index (χ0v) is 14.0. The fraction of sp³-hybridized carbons (Fsp3) is 0.278. The lowest BCUT2D eigenvalue weighted by atomic mass is 9.91. The summed E-state index contributed by atoms with van der Waals surface area (Å²) in [7, 11) is 0. The van der Waals surface area contributed by atoms with Gasteiger partial charge in [-0.3, -0.25) is 9.78 Å². The molecule has 1 atom stereocenters. The molecule has 0 saturated carbocycles. The van der Waals surface area contributed by atoms with Crippen LogP contribution in [-0.2, 0) is 21.5 Å². The van der Waals surface area contributed by atoms with Crippen molar-refractivity contribution >= 4 is 23.5 Å². The third-order valence-corrected chi connectivity index (χ3v) is 4.52. The van der Waals surface area contributed by atoms with Crippen molar-refractivity contribution in [2.24, 2.45) is 0 Å². The molecule has 2 aromatic rings. The number of ether oxygens (including phenoxy) is 1. The smallest absolute Gasteiger partial charge is 0.336 e. The molecule has 0 spiro atoms. The molecule has 6 heteroatoms. The minimum absolute atomic E-state index is 0.236. The van der Waals surface area contributed by atoms with E-state index in [0.29, 0.717) is 12.8 Å². The van der Waals surface area contributed by atoms with Gasteiger partial charge in [0.1, 0.15) is 0 Å². The first-order valence-corrected chi connectivity index (χ1v) is 8.14. The number of aromatic nitrogens is 1. The maximum Gasteiger partial charge on any atom is 0.336 e. The van der Waals surface area contributed by atoms with Crippen molar-refractivity contribution in [3.63, 3.8) is 0 Å². The molecule has 0 bridgehead atoms. The van der Waals surface area contributed by atoms with E-state index in [1.807, 2.05) is 24.3 Å². The van der Waals surface area contributed by atoms with E-state index in [4.69, 9.17) is 16.3 Å². The maximum absolute atomic E-state index is 12.7. The molecule has 3 rings (SSSR count). The standard InChI is InChI=1S/C18H17ClN2O3/c1-2-24-17(23)18(9-7-12-5-3-4-6-14(12)18)21-16(22)13-8-10-20-11-15(13)19/h3-6,8,10-11H,2,7,9H2,1H3,(H,21,22)/t18-/m0/s1. The molecular weight excluding hydrogens is 328 g/mol. The van der Waals surface area contributed by atoms with E-state index < -0.39 is 17.4 Å².